The van der Waals surface area contributed by atoms with Gasteiger partial charge in [-0.3, -0.25) is 0 Å². The number of amides is 1. The van der Waals surface area contributed by atoms with Gasteiger partial charge in [0.05, 0.1) is 6.61 Å². The molecule has 1 saturated heterocycles. The molecule has 2 aromatic heterocycles. The van der Waals surface area contributed by atoms with Gasteiger partial charge in [-0.05, 0) is 17.5 Å². The highest BCUT2D eigenvalue weighted by Gasteiger charge is 2.24. The van der Waals surface area contributed by atoms with Crippen LogP contribution in [0.1, 0.15) is 20.8 Å². The number of aromatic nitrogens is 3. The van der Waals surface area contributed by atoms with Crippen LogP contribution in [0.3, 0.4) is 0 Å². The Morgan fingerprint density at radius 2 is 2.00 bits per heavy atom. The number of rotatable bonds is 3. The van der Waals surface area contributed by atoms with Gasteiger partial charge in [0.2, 0.25) is 12.2 Å². The van der Waals surface area contributed by atoms with Gasteiger partial charge in [-0.2, -0.15) is 4.98 Å². The highest BCUT2D eigenvalue weighted by atomic mass is 16.6. The molecule has 0 bridgehead atoms. The van der Waals surface area contributed by atoms with Crippen molar-refractivity contribution in [3.8, 4) is 11.4 Å². The van der Waals surface area contributed by atoms with Crippen LogP contribution in [-0.4, -0.2) is 58.9 Å². The van der Waals surface area contributed by atoms with E-state index in [4.69, 9.17) is 9.26 Å². The van der Waals surface area contributed by atoms with E-state index in [0.717, 1.165) is 11.4 Å². The second kappa shape index (κ2) is 7.08. The van der Waals surface area contributed by atoms with Gasteiger partial charge in [-0.1, -0.05) is 25.9 Å². The van der Waals surface area contributed by atoms with Crippen molar-refractivity contribution in [2.24, 2.45) is 5.41 Å². The monoisotopic (exact) mass is 345 g/mol. The van der Waals surface area contributed by atoms with Crippen LogP contribution in [0.25, 0.3) is 11.4 Å². The van der Waals surface area contributed by atoms with Gasteiger partial charge in [0, 0.05) is 37.9 Å². The summed E-state index contributed by atoms with van der Waals surface area (Å²) in [6.45, 7) is 9.16. The van der Waals surface area contributed by atoms with Crippen molar-refractivity contribution in [3.05, 3.63) is 24.7 Å². The summed E-state index contributed by atoms with van der Waals surface area (Å²) in [5.41, 5.74) is 0.822. The van der Waals surface area contributed by atoms with Crippen LogP contribution in [0.15, 0.2) is 29.2 Å². The van der Waals surface area contributed by atoms with Gasteiger partial charge >= 0.3 is 6.09 Å². The van der Waals surface area contributed by atoms with Crippen molar-refractivity contribution >= 4 is 11.9 Å². The number of hydrogen-bond acceptors (Lipinski definition) is 7. The average Bonchev–Trinajstić information content (AvgIpc) is 3.14. The van der Waals surface area contributed by atoms with E-state index in [-0.39, 0.29) is 11.5 Å². The molecule has 0 atom stereocenters. The van der Waals surface area contributed by atoms with E-state index >= 15 is 0 Å². The zero-order valence-electron chi connectivity index (χ0n) is 14.8. The number of pyridine rings is 1. The molecule has 1 amide bonds. The molecule has 25 heavy (non-hydrogen) atoms. The van der Waals surface area contributed by atoms with Crippen molar-refractivity contribution < 1.29 is 14.1 Å². The molecule has 3 rings (SSSR count). The molecule has 8 nitrogen and oxygen atoms in total. The molecule has 1 fully saturated rings. The van der Waals surface area contributed by atoms with Crippen LogP contribution in [-0.2, 0) is 4.74 Å². The van der Waals surface area contributed by atoms with Crippen molar-refractivity contribution in [1.29, 1.82) is 0 Å². The molecule has 1 aliphatic rings. The third-order valence-electron chi connectivity index (χ3n) is 3.86. The Balaban J connectivity index is 1.57. The summed E-state index contributed by atoms with van der Waals surface area (Å²) in [5.74, 6) is 1.37. The quantitative estimate of drug-likeness (QED) is 0.844. The van der Waals surface area contributed by atoms with Crippen molar-refractivity contribution in [1.82, 2.24) is 20.0 Å². The number of carbonyl (C=O) groups excluding carboxylic acids is 1. The summed E-state index contributed by atoms with van der Waals surface area (Å²) >= 11 is 0. The Kier molecular flexibility index (Phi) is 4.87. The van der Waals surface area contributed by atoms with Crippen LogP contribution >= 0.6 is 0 Å². The standard InChI is InChI=1S/C17H23N5O3/c1-17(2,3)11-24-16(23)22-8-6-21(7-9-22)14-10-13(4-5-18-14)15-19-12-25-20-15/h4-5,10,12H,6-9,11H2,1-3H3. The molecule has 0 unspecified atom stereocenters. The normalized spacial score (nSPS) is 15.3. The summed E-state index contributed by atoms with van der Waals surface area (Å²) in [6, 6.07) is 3.77. The topological polar surface area (TPSA) is 84.6 Å². The molecule has 0 saturated carbocycles. The molecule has 8 heteroatoms. The summed E-state index contributed by atoms with van der Waals surface area (Å²) in [6.07, 6.45) is 2.78. The molecule has 0 spiro atoms. The molecular weight excluding hydrogens is 322 g/mol. The van der Waals surface area contributed by atoms with Crippen LogP contribution in [0, 0.1) is 5.41 Å². The SMILES string of the molecule is CC(C)(C)COC(=O)N1CCN(c2cc(-c3ncon3)ccn2)CC1. The van der Waals surface area contributed by atoms with Gasteiger partial charge < -0.3 is 19.1 Å². The van der Waals surface area contributed by atoms with Crippen LogP contribution < -0.4 is 4.90 Å². The van der Waals surface area contributed by atoms with E-state index in [1.54, 1.807) is 11.1 Å². The van der Waals surface area contributed by atoms with E-state index in [9.17, 15) is 4.79 Å². The Labute approximate surface area is 146 Å². The lowest BCUT2D eigenvalue weighted by Crippen LogP contribution is -2.49. The highest BCUT2D eigenvalue weighted by Crippen LogP contribution is 2.21. The minimum Gasteiger partial charge on any atom is -0.449 e. The first-order valence-electron chi connectivity index (χ1n) is 8.32. The maximum atomic E-state index is 12.1. The Bertz CT molecular complexity index is 703. The number of anilines is 1. The molecule has 3 heterocycles. The number of hydrogen-bond donors (Lipinski definition) is 0. The van der Waals surface area contributed by atoms with E-state index in [1.165, 1.54) is 6.39 Å². The summed E-state index contributed by atoms with van der Waals surface area (Å²) in [7, 11) is 0. The highest BCUT2D eigenvalue weighted by molar-refractivity contribution is 5.68. The molecule has 0 aromatic carbocycles. The summed E-state index contributed by atoms with van der Waals surface area (Å²) in [5, 5.41) is 3.85. The van der Waals surface area contributed by atoms with Crippen molar-refractivity contribution in [2.75, 3.05) is 37.7 Å². The second-order valence-corrected chi connectivity index (χ2v) is 7.25. The Morgan fingerprint density at radius 1 is 1.24 bits per heavy atom. The van der Waals surface area contributed by atoms with E-state index < -0.39 is 0 Å². The Morgan fingerprint density at radius 3 is 2.64 bits per heavy atom. The molecule has 0 N–H and O–H groups in total. The zero-order valence-corrected chi connectivity index (χ0v) is 14.8. The first kappa shape index (κ1) is 17.2. The fraction of sp³-hybridized carbons (Fsp3) is 0.529. The molecule has 1 aliphatic heterocycles. The lowest BCUT2D eigenvalue weighted by molar-refractivity contribution is 0.0707. The van der Waals surface area contributed by atoms with Crippen molar-refractivity contribution in [3.63, 3.8) is 0 Å². The molecule has 0 aliphatic carbocycles. The molecular formula is C17H23N5O3. The maximum Gasteiger partial charge on any atom is 0.409 e. The zero-order chi connectivity index (χ0) is 17.9. The van der Waals surface area contributed by atoms with Gasteiger partial charge in [0.1, 0.15) is 5.82 Å². The van der Waals surface area contributed by atoms with Gasteiger partial charge in [-0.15, -0.1) is 0 Å². The largest absolute Gasteiger partial charge is 0.449 e. The van der Waals surface area contributed by atoms with E-state index in [2.05, 4.69) is 20.0 Å². The van der Waals surface area contributed by atoms with Gasteiger partial charge in [0.25, 0.3) is 0 Å². The number of piperazine rings is 1. The summed E-state index contributed by atoms with van der Waals surface area (Å²) < 4.78 is 10.2. The second-order valence-electron chi connectivity index (χ2n) is 7.25. The lowest BCUT2D eigenvalue weighted by atomic mass is 9.99. The van der Waals surface area contributed by atoms with E-state index in [0.29, 0.717) is 38.6 Å². The van der Waals surface area contributed by atoms with E-state index in [1.807, 2.05) is 32.9 Å². The fourth-order valence-electron chi connectivity index (χ4n) is 2.52. The van der Waals surface area contributed by atoms with Gasteiger partial charge in [0.15, 0.2) is 0 Å². The van der Waals surface area contributed by atoms with Crippen LogP contribution in [0.4, 0.5) is 10.6 Å². The number of carbonyl (C=O) groups is 1. The molecule has 2 aromatic rings. The average molecular weight is 345 g/mol. The fourth-order valence-corrected chi connectivity index (χ4v) is 2.52. The predicted octanol–water partition coefficient (Wildman–Crippen LogP) is 2.44. The number of ether oxygens (including phenoxy) is 1. The first-order valence-corrected chi connectivity index (χ1v) is 8.32. The van der Waals surface area contributed by atoms with Crippen molar-refractivity contribution in [2.45, 2.75) is 20.8 Å². The minimum absolute atomic E-state index is 0.0308. The predicted molar refractivity (Wildman–Crippen MR) is 92.1 cm³/mol. The van der Waals surface area contributed by atoms with Crippen LogP contribution in [0.5, 0.6) is 0 Å². The van der Waals surface area contributed by atoms with Crippen LogP contribution in [0.2, 0.25) is 0 Å². The maximum absolute atomic E-state index is 12.1. The lowest BCUT2D eigenvalue weighted by Gasteiger charge is -2.35. The third-order valence-corrected chi connectivity index (χ3v) is 3.86. The summed E-state index contributed by atoms with van der Waals surface area (Å²) in [4.78, 5) is 24.5. The number of nitrogens with zero attached hydrogens (tertiary/aromatic N) is 5. The first-order chi connectivity index (χ1) is 11.9. The third kappa shape index (κ3) is 4.46. The Hall–Kier alpha value is -2.64. The molecule has 134 valence electrons. The van der Waals surface area contributed by atoms with Gasteiger partial charge in [-0.25, -0.2) is 9.78 Å². The molecule has 0 radical (unpaired) electrons. The minimum atomic E-state index is -0.247. The smallest absolute Gasteiger partial charge is 0.409 e.